The smallest absolute Gasteiger partial charge is 0.152 e. The first-order chi connectivity index (χ1) is 9.77. The number of nitrogens with zero attached hydrogens (tertiary/aromatic N) is 2. The Hall–Kier alpha value is -0.880. The molecule has 1 aliphatic heterocycles. The molecule has 21 heavy (non-hydrogen) atoms. The normalized spacial score (nSPS) is 24.8. The summed E-state index contributed by atoms with van der Waals surface area (Å²) in [6.07, 6.45) is 3.42. The van der Waals surface area contributed by atoms with Gasteiger partial charge in [0.15, 0.2) is 9.84 Å². The third-order valence-corrected chi connectivity index (χ3v) is 6.04. The Bertz CT molecular complexity index is 592. The van der Waals surface area contributed by atoms with E-state index in [1.807, 2.05) is 17.8 Å². The molecular weight excluding hydrogens is 286 g/mol. The molecule has 1 fully saturated rings. The molecule has 1 N–H and O–H groups in total. The third-order valence-electron chi connectivity index (χ3n) is 4.15. The van der Waals surface area contributed by atoms with Crippen LogP contribution >= 0.6 is 0 Å². The second kappa shape index (κ2) is 6.08. The van der Waals surface area contributed by atoms with Crippen LogP contribution in [0, 0.1) is 5.92 Å². The molecule has 2 rings (SSSR count). The number of hydrogen-bond acceptors (Lipinski definition) is 4. The summed E-state index contributed by atoms with van der Waals surface area (Å²) in [6.45, 7) is 10.2. The van der Waals surface area contributed by atoms with Crippen molar-refractivity contribution in [1.82, 2.24) is 15.1 Å². The molecule has 0 saturated carbocycles. The van der Waals surface area contributed by atoms with Gasteiger partial charge < -0.3 is 5.32 Å². The molecular formula is C15H27N3O2S. The summed E-state index contributed by atoms with van der Waals surface area (Å²) in [4.78, 5) is 0. The Balaban J connectivity index is 2.20. The highest BCUT2D eigenvalue weighted by Gasteiger charge is 2.41. The Morgan fingerprint density at radius 2 is 2.19 bits per heavy atom. The lowest BCUT2D eigenvalue weighted by Crippen LogP contribution is -2.34. The van der Waals surface area contributed by atoms with Gasteiger partial charge >= 0.3 is 0 Å². The summed E-state index contributed by atoms with van der Waals surface area (Å²) >= 11 is 0. The van der Waals surface area contributed by atoms with Gasteiger partial charge in [0, 0.05) is 17.8 Å². The monoisotopic (exact) mass is 313 g/mol. The Morgan fingerprint density at radius 1 is 1.48 bits per heavy atom. The van der Waals surface area contributed by atoms with Crippen LogP contribution in [0.2, 0.25) is 0 Å². The van der Waals surface area contributed by atoms with Crippen molar-refractivity contribution in [3.63, 3.8) is 0 Å². The SMILES string of the molecule is CCc1c(CNCC(C)C)cnn1C1(C)CCS(=O)(=O)C1. The average Bonchev–Trinajstić information content (AvgIpc) is 2.91. The van der Waals surface area contributed by atoms with Crippen molar-refractivity contribution in [2.75, 3.05) is 18.1 Å². The molecule has 1 saturated heterocycles. The fourth-order valence-electron chi connectivity index (χ4n) is 3.05. The van der Waals surface area contributed by atoms with Crippen molar-refractivity contribution in [1.29, 1.82) is 0 Å². The molecule has 1 unspecified atom stereocenters. The van der Waals surface area contributed by atoms with Crippen LogP contribution in [0.4, 0.5) is 0 Å². The van der Waals surface area contributed by atoms with E-state index in [1.165, 1.54) is 5.56 Å². The number of sulfone groups is 1. The third kappa shape index (κ3) is 3.66. The molecule has 1 aromatic heterocycles. The molecule has 0 bridgehead atoms. The lowest BCUT2D eigenvalue weighted by atomic mass is 10.0. The van der Waals surface area contributed by atoms with E-state index in [1.54, 1.807) is 0 Å². The van der Waals surface area contributed by atoms with E-state index in [0.717, 1.165) is 25.2 Å². The minimum absolute atomic E-state index is 0.202. The van der Waals surface area contributed by atoms with Crippen molar-refractivity contribution in [2.24, 2.45) is 5.92 Å². The quantitative estimate of drug-likeness (QED) is 0.868. The number of aromatic nitrogens is 2. The van der Waals surface area contributed by atoms with Gasteiger partial charge in [-0.3, -0.25) is 4.68 Å². The Labute approximate surface area is 128 Å². The predicted octanol–water partition coefficient (Wildman–Crippen LogP) is 1.72. The topological polar surface area (TPSA) is 64.0 Å². The molecule has 0 amide bonds. The fraction of sp³-hybridized carbons (Fsp3) is 0.800. The molecule has 120 valence electrons. The van der Waals surface area contributed by atoms with E-state index >= 15 is 0 Å². The van der Waals surface area contributed by atoms with Crippen LogP contribution in [0.25, 0.3) is 0 Å². The van der Waals surface area contributed by atoms with Crippen LogP contribution in [-0.4, -0.2) is 36.2 Å². The van der Waals surface area contributed by atoms with E-state index < -0.39 is 9.84 Å². The maximum Gasteiger partial charge on any atom is 0.152 e. The second-order valence-electron chi connectivity index (χ2n) is 6.75. The van der Waals surface area contributed by atoms with Crippen LogP contribution in [0.1, 0.15) is 45.4 Å². The predicted molar refractivity (Wildman–Crippen MR) is 85.1 cm³/mol. The van der Waals surface area contributed by atoms with E-state index in [9.17, 15) is 8.42 Å². The molecule has 1 aromatic rings. The van der Waals surface area contributed by atoms with Crippen LogP contribution in [0.5, 0.6) is 0 Å². The van der Waals surface area contributed by atoms with Crippen molar-refractivity contribution < 1.29 is 8.42 Å². The Morgan fingerprint density at radius 3 is 2.71 bits per heavy atom. The molecule has 5 nitrogen and oxygen atoms in total. The number of hydrogen-bond donors (Lipinski definition) is 1. The molecule has 1 atom stereocenters. The summed E-state index contributed by atoms with van der Waals surface area (Å²) in [5.41, 5.74) is 1.95. The van der Waals surface area contributed by atoms with Gasteiger partial charge in [-0.05, 0) is 32.2 Å². The van der Waals surface area contributed by atoms with Gasteiger partial charge in [-0.25, -0.2) is 8.42 Å². The summed E-state index contributed by atoms with van der Waals surface area (Å²) < 4.78 is 25.6. The molecule has 2 heterocycles. The highest BCUT2D eigenvalue weighted by Crippen LogP contribution is 2.32. The highest BCUT2D eigenvalue weighted by atomic mass is 32.2. The van der Waals surface area contributed by atoms with Gasteiger partial charge in [0.25, 0.3) is 0 Å². The van der Waals surface area contributed by atoms with E-state index in [0.29, 0.717) is 12.3 Å². The standard InChI is InChI=1S/C15H27N3O2S/c1-5-14-13(9-16-8-12(2)3)10-17-18(14)15(4)6-7-21(19,20)11-15/h10,12,16H,5-9,11H2,1-4H3. The first-order valence-corrected chi connectivity index (χ1v) is 9.57. The van der Waals surface area contributed by atoms with Gasteiger partial charge in [0.1, 0.15) is 0 Å². The fourth-order valence-corrected chi connectivity index (χ4v) is 5.16. The minimum Gasteiger partial charge on any atom is -0.312 e. The highest BCUT2D eigenvalue weighted by molar-refractivity contribution is 7.91. The van der Waals surface area contributed by atoms with Crippen LogP contribution in [0.3, 0.4) is 0 Å². The van der Waals surface area contributed by atoms with Crippen molar-refractivity contribution in [3.8, 4) is 0 Å². The number of nitrogens with one attached hydrogen (secondary N) is 1. The average molecular weight is 313 g/mol. The molecule has 6 heteroatoms. The zero-order valence-electron chi connectivity index (χ0n) is 13.5. The summed E-state index contributed by atoms with van der Waals surface area (Å²) in [6, 6.07) is 0. The second-order valence-corrected chi connectivity index (χ2v) is 8.93. The minimum atomic E-state index is -2.92. The van der Waals surface area contributed by atoms with Crippen molar-refractivity contribution >= 4 is 9.84 Å². The lowest BCUT2D eigenvalue weighted by molar-refractivity contribution is 0.318. The maximum absolute atomic E-state index is 11.8. The van der Waals surface area contributed by atoms with Crippen LogP contribution < -0.4 is 5.32 Å². The van der Waals surface area contributed by atoms with Crippen molar-refractivity contribution in [2.45, 2.75) is 52.6 Å². The van der Waals surface area contributed by atoms with Gasteiger partial charge in [-0.15, -0.1) is 0 Å². The number of rotatable bonds is 6. The van der Waals surface area contributed by atoms with Gasteiger partial charge in [0.2, 0.25) is 0 Å². The molecule has 0 spiro atoms. The first kappa shape index (κ1) is 16.5. The first-order valence-electron chi connectivity index (χ1n) is 7.75. The largest absolute Gasteiger partial charge is 0.312 e. The van der Waals surface area contributed by atoms with Gasteiger partial charge in [0.05, 0.1) is 23.2 Å². The summed E-state index contributed by atoms with van der Waals surface area (Å²) in [7, 11) is -2.92. The summed E-state index contributed by atoms with van der Waals surface area (Å²) in [5.74, 6) is 1.09. The van der Waals surface area contributed by atoms with E-state index in [4.69, 9.17) is 0 Å². The molecule has 0 radical (unpaired) electrons. The van der Waals surface area contributed by atoms with Crippen LogP contribution in [0.15, 0.2) is 6.20 Å². The molecule has 0 aliphatic carbocycles. The van der Waals surface area contributed by atoms with Gasteiger partial charge in [-0.2, -0.15) is 5.10 Å². The molecule has 1 aliphatic rings. The zero-order chi connectivity index (χ0) is 15.7. The Kier molecular flexibility index (Phi) is 4.78. The van der Waals surface area contributed by atoms with E-state index in [-0.39, 0.29) is 17.0 Å². The maximum atomic E-state index is 11.8. The zero-order valence-corrected chi connectivity index (χ0v) is 14.3. The lowest BCUT2D eigenvalue weighted by Gasteiger charge is -2.25. The summed E-state index contributed by atoms with van der Waals surface area (Å²) in [5, 5.41) is 7.95. The molecule has 0 aromatic carbocycles. The van der Waals surface area contributed by atoms with Crippen molar-refractivity contribution in [3.05, 3.63) is 17.5 Å². The van der Waals surface area contributed by atoms with Gasteiger partial charge in [-0.1, -0.05) is 20.8 Å². The van der Waals surface area contributed by atoms with E-state index in [2.05, 4.69) is 31.2 Å². The van der Waals surface area contributed by atoms with Crippen LogP contribution in [-0.2, 0) is 28.3 Å².